The molecule has 0 saturated heterocycles. The highest BCUT2D eigenvalue weighted by molar-refractivity contribution is 5.36. The molecule has 0 aliphatic carbocycles. The van der Waals surface area contributed by atoms with E-state index in [9.17, 15) is 20.2 Å². The van der Waals surface area contributed by atoms with Crippen molar-refractivity contribution < 1.29 is 14.6 Å². The average Bonchev–Trinajstić information content (AvgIpc) is 2.66. The zero-order valence-electron chi connectivity index (χ0n) is 14.8. The van der Waals surface area contributed by atoms with Crippen LogP contribution >= 0.6 is 0 Å². The maximum Gasteiger partial charge on any atom is 0.269 e. The van der Waals surface area contributed by atoms with Gasteiger partial charge in [-0.15, -0.1) is 6.58 Å². The maximum absolute atomic E-state index is 10.7. The van der Waals surface area contributed by atoms with E-state index in [1.54, 1.807) is 24.3 Å². The third kappa shape index (κ3) is 6.52. The fourth-order valence-corrected chi connectivity index (χ4v) is 2.51. The van der Waals surface area contributed by atoms with Gasteiger partial charge in [-0.3, -0.25) is 25.1 Å². The van der Waals surface area contributed by atoms with E-state index in [0.717, 1.165) is 18.5 Å². The molecule has 0 fully saturated rings. The Labute approximate surface area is 157 Å². The van der Waals surface area contributed by atoms with Crippen LogP contribution in [0.15, 0.2) is 61.2 Å². The third-order valence-corrected chi connectivity index (χ3v) is 3.97. The van der Waals surface area contributed by atoms with E-state index in [2.05, 4.69) is 11.5 Å². The summed E-state index contributed by atoms with van der Waals surface area (Å²) in [5.74, 6) is 0.578. The van der Waals surface area contributed by atoms with Crippen molar-refractivity contribution in [1.82, 2.24) is 4.90 Å². The van der Waals surface area contributed by atoms with Crippen LogP contribution in [0.2, 0.25) is 0 Å². The summed E-state index contributed by atoms with van der Waals surface area (Å²) in [7, 11) is 0. The van der Waals surface area contributed by atoms with E-state index >= 15 is 0 Å². The van der Waals surface area contributed by atoms with Crippen molar-refractivity contribution in [3.05, 3.63) is 87.0 Å². The quantitative estimate of drug-likeness (QED) is 0.340. The average molecular weight is 371 g/mol. The van der Waals surface area contributed by atoms with Gasteiger partial charge >= 0.3 is 0 Å². The summed E-state index contributed by atoms with van der Waals surface area (Å²) in [6.45, 7) is 6.31. The minimum atomic E-state index is -0.451. The Morgan fingerprint density at radius 1 is 0.926 bits per heavy atom. The SMILES string of the molecule is C=CCN(CCOc1ccc([N+](=O)[O-])cc1)CCc1ccc([N+](=O)[O-])cc1. The number of non-ortho nitro benzene ring substituents is 2. The number of benzene rings is 2. The van der Waals surface area contributed by atoms with Gasteiger partial charge in [-0.25, -0.2) is 0 Å². The number of ether oxygens (including phenoxy) is 1. The molecule has 27 heavy (non-hydrogen) atoms. The lowest BCUT2D eigenvalue weighted by Crippen LogP contribution is -2.30. The molecule has 142 valence electrons. The molecule has 0 bridgehead atoms. The number of nitro benzene ring substituents is 2. The van der Waals surface area contributed by atoms with Crippen LogP contribution in [0.4, 0.5) is 11.4 Å². The minimum Gasteiger partial charge on any atom is -0.492 e. The summed E-state index contributed by atoms with van der Waals surface area (Å²) in [6.07, 6.45) is 2.56. The van der Waals surface area contributed by atoms with E-state index in [1.165, 1.54) is 24.3 Å². The van der Waals surface area contributed by atoms with Gasteiger partial charge in [0.05, 0.1) is 9.85 Å². The molecule has 0 unspecified atom stereocenters. The van der Waals surface area contributed by atoms with E-state index in [1.807, 2.05) is 6.08 Å². The van der Waals surface area contributed by atoms with Gasteiger partial charge in [0.1, 0.15) is 12.4 Å². The normalized spacial score (nSPS) is 10.6. The Morgan fingerprint density at radius 3 is 2.00 bits per heavy atom. The van der Waals surface area contributed by atoms with Crippen molar-refractivity contribution >= 4 is 11.4 Å². The molecule has 0 aliphatic heterocycles. The Morgan fingerprint density at radius 2 is 1.48 bits per heavy atom. The molecule has 0 aromatic heterocycles. The largest absolute Gasteiger partial charge is 0.492 e. The van der Waals surface area contributed by atoms with Crippen molar-refractivity contribution in [3.63, 3.8) is 0 Å². The monoisotopic (exact) mass is 371 g/mol. The lowest BCUT2D eigenvalue weighted by molar-refractivity contribution is -0.385. The Hall–Kier alpha value is -3.26. The third-order valence-electron chi connectivity index (χ3n) is 3.97. The van der Waals surface area contributed by atoms with Crippen molar-refractivity contribution in [2.24, 2.45) is 0 Å². The molecule has 8 heteroatoms. The van der Waals surface area contributed by atoms with Gasteiger partial charge in [0.2, 0.25) is 0 Å². The molecule has 0 amide bonds. The second-order valence-corrected chi connectivity index (χ2v) is 5.86. The van der Waals surface area contributed by atoms with Crippen LogP contribution < -0.4 is 4.74 Å². The van der Waals surface area contributed by atoms with Crippen LogP contribution in [0.25, 0.3) is 0 Å². The van der Waals surface area contributed by atoms with Gasteiger partial charge in [0, 0.05) is 43.9 Å². The zero-order chi connectivity index (χ0) is 19.6. The number of hydrogen-bond donors (Lipinski definition) is 0. The summed E-state index contributed by atoms with van der Waals surface area (Å²) in [5, 5.41) is 21.3. The summed E-state index contributed by atoms with van der Waals surface area (Å²) in [4.78, 5) is 22.6. The van der Waals surface area contributed by atoms with E-state index in [-0.39, 0.29) is 11.4 Å². The molecule has 2 aromatic rings. The summed E-state index contributed by atoms with van der Waals surface area (Å²) >= 11 is 0. The fourth-order valence-electron chi connectivity index (χ4n) is 2.51. The van der Waals surface area contributed by atoms with Gasteiger partial charge in [0.15, 0.2) is 0 Å². The summed E-state index contributed by atoms with van der Waals surface area (Å²) in [5.41, 5.74) is 1.13. The highest BCUT2D eigenvalue weighted by Crippen LogP contribution is 2.17. The van der Waals surface area contributed by atoms with Crippen molar-refractivity contribution in [1.29, 1.82) is 0 Å². The molecule has 0 spiro atoms. The second kappa shape index (κ2) is 10.0. The molecule has 0 heterocycles. The lowest BCUT2D eigenvalue weighted by Gasteiger charge is -2.20. The van der Waals surface area contributed by atoms with Crippen LogP contribution in [0.5, 0.6) is 5.75 Å². The molecular weight excluding hydrogens is 350 g/mol. The molecule has 0 radical (unpaired) electrons. The van der Waals surface area contributed by atoms with E-state index in [0.29, 0.717) is 25.4 Å². The Bertz CT molecular complexity index is 775. The van der Waals surface area contributed by atoms with Gasteiger partial charge in [-0.05, 0) is 24.1 Å². The second-order valence-electron chi connectivity index (χ2n) is 5.86. The topological polar surface area (TPSA) is 98.8 Å². The van der Waals surface area contributed by atoms with Gasteiger partial charge in [0.25, 0.3) is 11.4 Å². The molecule has 2 aromatic carbocycles. The predicted octanol–water partition coefficient (Wildman–Crippen LogP) is 3.61. The lowest BCUT2D eigenvalue weighted by atomic mass is 10.1. The minimum absolute atomic E-state index is 0.0266. The number of hydrogen-bond acceptors (Lipinski definition) is 6. The standard InChI is InChI=1S/C19H21N3O5/c1-2-12-20(13-11-16-3-5-17(6-4-16)21(23)24)14-15-27-19-9-7-18(8-10-19)22(25)26/h2-10H,1,11-15H2. The van der Waals surface area contributed by atoms with Crippen LogP contribution in [-0.2, 0) is 6.42 Å². The Balaban J connectivity index is 1.81. The van der Waals surface area contributed by atoms with Crippen molar-refractivity contribution in [2.75, 3.05) is 26.2 Å². The molecule has 0 N–H and O–H groups in total. The predicted molar refractivity (Wildman–Crippen MR) is 102 cm³/mol. The maximum atomic E-state index is 10.7. The highest BCUT2D eigenvalue weighted by Gasteiger charge is 2.08. The van der Waals surface area contributed by atoms with Crippen LogP contribution in [-0.4, -0.2) is 41.0 Å². The smallest absolute Gasteiger partial charge is 0.269 e. The van der Waals surface area contributed by atoms with Gasteiger partial charge < -0.3 is 4.74 Å². The molecule has 0 atom stereocenters. The fraction of sp³-hybridized carbons (Fsp3) is 0.263. The first-order valence-electron chi connectivity index (χ1n) is 8.43. The van der Waals surface area contributed by atoms with Crippen LogP contribution in [0.1, 0.15) is 5.56 Å². The summed E-state index contributed by atoms with van der Waals surface area (Å²) < 4.78 is 5.64. The van der Waals surface area contributed by atoms with Gasteiger partial charge in [-0.2, -0.15) is 0 Å². The number of rotatable bonds is 11. The molecule has 0 saturated carbocycles. The van der Waals surface area contributed by atoms with Crippen molar-refractivity contribution in [3.8, 4) is 5.75 Å². The molecular formula is C19H21N3O5. The molecule has 2 rings (SSSR count). The first-order valence-corrected chi connectivity index (χ1v) is 8.43. The highest BCUT2D eigenvalue weighted by atomic mass is 16.6. The van der Waals surface area contributed by atoms with Crippen LogP contribution in [0, 0.1) is 20.2 Å². The van der Waals surface area contributed by atoms with Crippen molar-refractivity contribution in [2.45, 2.75) is 6.42 Å². The van der Waals surface area contributed by atoms with E-state index in [4.69, 9.17) is 4.74 Å². The molecule has 8 nitrogen and oxygen atoms in total. The van der Waals surface area contributed by atoms with E-state index < -0.39 is 9.85 Å². The number of nitro groups is 2. The first kappa shape index (κ1) is 20.1. The van der Waals surface area contributed by atoms with Crippen LogP contribution in [0.3, 0.4) is 0 Å². The summed E-state index contributed by atoms with van der Waals surface area (Å²) in [6, 6.07) is 12.5. The number of nitrogens with zero attached hydrogens (tertiary/aromatic N) is 3. The zero-order valence-corrected chi connectivity index (χ0v) is 14.8. The van der Waals surface area contributed by atoms with Gasteiger partial charge in [-0.1, -0.05) is 18.2 Å². The molecule has 0 aliphatic rings. The first-order chi connectivity index (χ1) is 13.0. The Kier molecular flexibility index (Phi) is 7.45.